The number of phenolic OH excluding ortho intramolecular Hbond substituents is 1. The molecular formula is C17H21N3O3. The zero-order valence-corrected chi connectivity index (χ0v) is 13.3. The molecule has 3 N–H and O–H groups in total. The maximum atomic E-state index is 12.7. The number of urea groups is 1. The van der Waals surface area contributed by atoms with Crippen molar-refractivity contribution in [3.8, 4) is 5.75 Å². The van der Waals surface area contributed by atoms with Gasteiger partial charge in [0.05, 0.1) is 23.9 Å². The topological polar surface area (TPSA) is 81.7 Å². The summed E-state index contributed by atoms with van der Waals surface area (Å²) in [5.41, 5.74) is 2.06. The molecule has 0 spiro atoms. The lowest BCUT2D eigenvalue weighted by Crippen LogP contribution is -2.44. The number of nitrogens with one attached hydrogen (secondary N) is 2. The van der Waals surface area contributed by atoms with Crippen molar-refractivity contribution in [3.05, 3.63) is 41.1 Å². The molecular weight excluding hydrogens is 294 g/mol. The summed E-state index contributed by atoms with van der Waals surface area (Å²) in [6.45, 7) is 5.37. The molecule has 0 radical (unpaired) electrons. The third-order valence-electron chi connectivity index (χ3n) is 4.22. The van der Waals surface area contributed by atoms with Gasteiger partial charge >= 0.3 is 6.03 Å². The Morgan fingerprint density at radius 2 is 1.96 bits per heavy atom. The Morgan fingerprint density at radius 3 is 2.61 bits per heavy atom. The second-order valence-electron chi connectivity index (χ2n) is 6.42. The third kappa shape index (κ3) is 3.02. The molecule has 0 aliphatic carbocycles. The van der Waals surface area contributed by atoms with E-state index < -0.39 is 6.04 Å². The largest absolute Gasteiger partial charge is 0.508 e. The van der Waals surface area contributed by atoms with Crippen LogP contribution in [0.4, 0.5) is 4.79 Å². The summed E-state index contributed by atoms with van der Waals surface area (Å²) >= 11 is 0. The minimum absolute atomic E-state index is 0.0359. The van der Waals surface area contributed by atoms with Crippen LogP contribution in [0.2, 0.25) is 0 Å². The first kappa shape index (κ1) is 15.4. The Hall–Kier alpha value is -2.50. The van der Waals surface area contributed by atoms with Gasteiger partial charge in [0.25, 0.3) is 5.91 Å². The van der Waals surface area contributed by atoms with E-state index >= 15 is 0 Å². The van der Waals surface area contributed by atoms with E-state index in [0.717, 1.165) is 12.0 Å². The van der Waals surface area contributed by atoms with Crippen molar-refractivity contribution in [2.45, 2.75) is 26.3 Å². The van der Waals surface area contributed by atoms with Gasteiger partial charge in [-0.2, -0.15) is 0 Å². The lowest BCUT2D eigenvalue weighted by molar-refractivity contribution is -0.125. The monoisotopic (exact) mass is 315 g/mol. The second-order valence-corrected chi connectivity index (χ2v) is 6.42. The van der Waals surface area contributed by atoms with Crippen LogP contribution in [-0.4, -0.2) is 35.0 Å². The molecule has 6 nitrogen and oxygen atoms in total. The van der Waals surface area contributed by atoms with Crippen LogP contribution < -0.4 is 10.6 Å². The smallest absolute Gasteiger partial charge is 0.319 e. The molecule has 0 bridgehead atoms. The van der Waals surface area contributed by atoms with E-state index in [2.05, 4.69) is 24.5 Å². The van der Waals surface area contributed by atoms with Crippen molar-refractivity contribution < 1.29 is 14.7 Å². The summed E-state index contributed by atoms with van der Waals surface area (Å²) in [5, 5.41) is 15.0. The summed E-state index contributed by atoms with van der Waals surface area (Å²) in [4.78, 5) is 26.4. The maximum absolute atomic E-state index is 12.7. The molecule has 1 aromatic carbocycles. The molecule has 2 aliphatic heterocycles. The highest BCUT2D eigenvalue weighted by atomic mass is 16.3. The molecule has 1 aromatic rings. The van der Waals surface area contributed by atoms with Crippen LogP contribution in [0.1, 0.15) is 31.9 Å². The molecule has 6 heteroatoms. The van der Waals surface area contributed by atoms with E-state index in [9.17, 15) is 14.7 Å². The maximum Gasteiger partial charge on any atom is 0.319 e. The van der Waals surface area contributed by atoms with Gasteiger partial charge in [-0.25, -0.2) is 4.79 Å². The summed E-state index contributed by atoms with van der Waals surface area (Å²) in [6, 6.07) is 5.77. The van der Waals surface area contributed by atoms with Gasteiger partial charge in [-0.05, 0) is 30.0 Å². The van der Waals surface area contributed by atoms with Gasteiger partial charge in [-0.1, -0.05) is 26.0 Å². The predicted molar refractivity (Wildman–Crippen MR) is 85.6 cm³/mol. The predicted octanol–water partition coefficient (Wildman–Crippen LogP) is 1.89. The third-order valence-corrected chi connectivity index (χ3v) is 4.22. The molecule has 0 fully saturated rings. The number of hydrogen-bond acceptors (Lipinski definition) is 3. The van der Waals surface area contributed by atoms with E-state index in [-0.39, 0.29) is 17.7 Å². The number of amides is 3. The van der Waals surface area contributed by atoms with E-state index in [4.69, 9.17) is 0 Å². The highest BCUT2D eigenvalue weighted by Crippen LogP contribution is 2.33. The molecule has 1 atom stereocenters. The van der Waals surface area contributed by atoms with Crippen LogP contribution in [0.5, 0.6) is 5.75 Å². The number of rotatable bonds is 4. The Morgan fingerprint density at radius 1 is 1.26 bits per heavy atom. The quantitative estimate of drug-likeness (QED) is 0.793. The molecule has 122 valence electrons. The van der Waals surface area contributed by atoms with Crippen molar-refractivity contribution in [1.29, 1.82) is 0 Å². The lowest BCUT2D eigenvalue weighted by Gasteiger charge is -2.25. The lowest BCUT2D eigenvalue weighted by atomic mass is 9.96. The highest BCUT2D eigenvalue weighted by Gasteiger charge is 2.40. The summed E-state index contributed by atoms with van der Waals surface area (Å²) in [7, 11) is 0. The van der Waals surface area contributed by atoms with E-state index in [1.807, 2.05) is 0 Å². The Bertz CT molecular complexity index is 664. The Labute approximate surface area is 135 Å². The van der Waals surface area contributed by atoms with E-state index in [1.165, 1.54) is 0 Å². The molecule has 0 saturated heterocycles. The van der Waals surface area contributed by atoms with Crippen LogP contribution in [-0.2, 0) is 4.79 Å². The van der Waals surface area contributed by atoms with Crippen LogP contribution in [0.25, 0.3) is 0 Å². The Kier molecular flexibility index (Phi) is 3.98. The molecule has 0 saturated carbocycles. The summed E-state index contributed by atoms with van der Waals surface area (Å²) in [6.07, 6.45) is 0.928. The van der Waals surface area contributed by atoms with E-state index in [1.54, 1.807) is 29.2 Å². The van der Waals surface area contributed by atoms with Gasteiger partial charge in [0, 0.05) is 6.54 Å². The summed E-state index contributed by atoms with van der Waals surface area (Å²) < 4.78 is 0. The van der Waals surface area contributed by atoms with Gasteiger partial charge in [-0.15, -0.1) is 0 Å². The van der Waals surface area contributed by atoms with Crippen LogP contribution >= 0.6 is 0 Å². The van der Waals surface area contributed by atoms with E-state index in [0.29, 0.717) is 30.3 Å². The second kappa shape index (κ2) is 5.95. The van der Waals surface area contributed by atoms with Gasteiger partial charge in [0.15, 0.2) is 0 Å². The van der Waals surface area contributed by atoms with Gasteiger partial charge in [-0.3, -0.25) is 4.79 Å². The van der Waals surface area contributed by atoms with Gasteiger partial charge in [0.1, 0.15) is 5.75 Å². The van der Waals surface area contributed by atoms with Crippen molar-refractivity contribution in [2.24, 2.45) is 5.92 Å². The number of carbonyl (C=O) groups excluding carboxylic acids is 2. The number of hydrogen-bond donors (Lipinski definition) is 3. The molecule has 3 amide bonds. The first-order valence-corrected chi connectivity index (χ1v) is 7.84. The molecule has 3 rings (SSSR count). The highest BCUT2D eigenvalue weighted by molar-refractivity contribution is 6.01. The van der Waals surface area contributed by atoms with Crippen LogP contribution in [0.3, 0.4) is 0 Å². The van der Waals surface area contributed by atoms with Gasteiger partial charge in [0.2, 0.25) is 0 Å². The number of phenols is 1. The SMILES string of the molecule is CC(C)CCN1CC2=C(C1=O)[C@H](c1ccc(O)cc1)NC(=O)N2. The van der Waals surface area contributed by atoms with Crippen molar-refractivity contribution in [1.82, 2.24) is 15.5 Å². The number of nitrogens with zero attached hydrogens (tertiary/aromatic N) is 1. The fraction of sp³-hybridized carbons (Fsp3) is 0.412. The van der Waals surface area contributed by atoms with Gasteiger partial charge < -0.3 is 20.6 Å². The minimum atomic E-state index is -0.476. The van der Waals surface area contributed by atoms with Crippen LogP contribution in [0, 0.1) is 5.92 Å². The average Bonchev–Trinajstić information content (AvgIpc) is 2.81. The van der Waals surface area contributed by atoms with Crippen molar-refractivity contribution >= 4 is 11.9 Å². The van der Waals surface area contributed by atoms with Crippen LogP contribution in [0.15, 0.2) is 35.5 Å². The first-order chi connectivity index (χ1) is 11.0. The van der Waals surface area contributed by atoms with Crippen molar-refractivity contribution in [3.63, 3.8) is 0 Å². The minimum Gasteiger partial charge on any atom is -0.508 e. The average molecular weight is 315 g/mol. The molecule has 2 aliphatic rings. The summed E-state index contributed by atoms with van der Waals surface area (Å²) in [5.74, 6) is 0.631. The Balaban J connectivity index is 1.87. The number of aromatic hydroxyl groups is 1. The van der Waals surface area contributed by atoms with Crippen molar-refractivity contribution in [2.75, 3.05) is 13.1 Å². The standard InChI is InChI=1S/C17H21N3O3/c1-10(2)7-8-20-9-13-14(16(20)22)15(19-17(23)18-13)11-3-5-12(21)6-4-11/h3-6,10,15,21H,7-9H2,1-2H3,(H2,18,19,23)/t15-/m0/s1. The number of benzene rings is 1. The molecule has 23 heavy (non-hydrogen) atoms. The fourth-order valence-electron chi connectivity index (χ4n) is 2.94. The first-order valence-electron chi connectivity index (χ1n) is 7.84. The molecule has 0 aromatic heterocycles. The fourth-order valence-corrected chi connectivity index (χ4v) is 2.94. The zero-order chi connectivity index (χ0) is 16.6. The molecule has 2 heterocycles. The normalized spacial score (nSPS) is 20.7. The zero-order valence-electron chi connectivity index (χ0n) is 13.3. The molecule has 0 unspecified atom stereocenters. The number of carbonyl (C=O) groups is 2.